The minimum Gasteiger partial charge on any atom is -0.469 e. The molecule has 21 heavy (non-hydrogen) atoms. The summed E-state index contributed by atoms with van der Waals surface area (Å²) >= 11 is 0. The van der Waals surface area contributed by atoms with Gasteiger partial charge in [-0.1, -0.05) is 30.3 Å². The van der Waals surface area contributed by atoms with E-state index < -0.39 is 27.2 Å². The zero-order valence-electron chi connectivity index (χ0n) is 13.6. The van der Waals surface area contributed by atoms with Gasteiger partial charge in [0.2, 0.25) is 0 Å². The van der Waals surface area contributed by atoms with Crippen molar-refractivity contribution >= 4 is 17.0 Å². The fourth-order valence-electron chi connectivity index (χ4n) is 1.94. The van der Waals surface area contributed by atoms with E-state index in [0.717, 1.165) is 5.56 Å². The molecule has 0 aliphatic carbocycles. The van der Waals surface area contributed by atoms with Gasteiger partial charge in [-0.05, 0) is 40.2 Å². The van der Waals surface area contributed by atoms with Gasteiger partial charge in [-0.2, -0.15) is 0 Å². The lowest BCUT2D eigenvalue weighted by Crippen LogP contribution is -2.45. The molecule has 0 spiro atoms. The highest BCUT2D eigenvalue weighted by atomic mass is 32.2. The first-order valence-electron chi connectivity index (χ1n) is 6.92. The molecule has 0 saturated carbocycles. The van der Waals surface area contributed by atoms with Crippen molar-refractivity contribution in [2.75, 3.05) is 7.11 Å². The molecular weight excluding hydrogens is 286 g/mol. The fraction of sp³-hybridized carbons (Fsp3) is 0.562. The van der Waals surface area contributed by atoms with Gasteiger partial charge >= 0.3 is 5.97 Å². The lowest BCUT2D eigenvalue weighted by atomic mass is 9.81. The third kappa shape index (κ3) is 4.38. The average Bonchev–Trinajstić information content (AvgIpc) is 2.43. The molecule has 0 fully saturated rings. The summed E-state index contributed by atoms with van der Waals surface area (Å²) in [4.78, 5) is 12.1. The smallest absolute Gasteiger partial charge is 0.313 e. The summed E-state index contributed by atoms with van der Waals surface area (Å²) in [6, 6.07) is 9.15. The zero-order chi connectivity index (χ0) is 16.3. The van der Waals surface area contributed by atoms with E-state index in [1.165, 1.54) is 7.11 Å². The van der Waals surface area contributed by atoms with Gasteiger partial charge in [0, 0.05) is 0 Å². The number of methoxy groups -OCH3 is 1. The van der Waals surface area contributed by atoms with E-state index in [-0.39, 0.29) is 5.97 Å². The summed E-state index contributed by atoms with van der Waals surface area (Å²) in [6.07, 6.45) is 0. The van der Waals surface area contributed by atoms with Gasteiger partial charge in [-0.15, -0.1) is 0 Å². The monoisotopic (exact) mass is 311 g/mol. The van der Waals surface area contributed by atoms with E-state index in [9.17, 15) is 9.00 Å². The van der Waals surface area contributed by atoms with Crippen molar-refractivity contribution in [2.45, 2.75) is 45.4 Å². The normalized spacial score (nSPS) is 15.3. The van der Waals surface area contributed by atoms with Crippen LogP contribution in [0.2, 0.25) is 0 Å². The Balaban J connectivity index is 3.19. The van der Waals surface area contributed by atoms with Gasteiger partial charge in [-0.25, -0.2) is 8.93 Å². The number of carbonyl (C=O) groups is 1. The van der Waals surface area contributed by atoms with Crippen LogP contribution in [0.15, 0.2) is 30.3 Å². The first-order valence-corrected chi connectivity index (χ1v) is 8.07. The van der Waals surface area contributed by atoms with Crippen molar-refractivity contribution in [1.82, 2.24) is 4.72 Å². The zero-order valence-corrected chi connectivity index (χ0v) is 14.4. The van der Waals surface area contributed by atoms with Crippen molar-refractivity contribution in [3.8, 4) is 0 Å². The van der Waals surface area contributed by atoms with Crippen molar-refractivity contribution in [2.24, 2.45) is 5.41 Å². The number of hydrogen-bond acceptors (Lipinski definition) is 3. The molecule has 0 amide bonds. The Bertz CT molecular complexity index is 506. The number of rotatable bonds is 5. The molecule has 0 heterocycles. The van der Waals surface area contributed by atoms with E-state index >= 15 is 0 Å². The summed E-state index contributed by atoms with van der Waals surface area (Å²) < 4.78 is 20.0. The fourth-order valence-corrected chi connectivity index (χ4v) is 2.94. The minimum atomic E-state index is -1.29. The highest BCUT2D eigenvalue weighted by Gasteiger charge is 2.40. The summed E-state index contributed by atoms with van der Waals surface area (Å²) in [7, 11) is 0.0772. The number of hydrogen-bond donors (Lipinski definition) is 1. The summed E-state index contributed by atoms with van der Waals surface area (Å²) in [5.74, 6) is -0.338. The van der Waals surface area contributed by atoms with E-state index in [4.69, 9.17) is 4.74 Å². The molecular formula is C16H25NO3S. The summed E-state index contributed by atoms with van der Waals surface area (Å²) in [5.41, 5.74) is 0.0716. The van der Waals surface area contributed by atoms with Crippen LogP contribution >= 0.6 is 0 Å². The van der Waals surface area contributed by atoms with Crippen LogP contribution in [0.25, 0.3) is 0 Å². The van der Waals surface area contributed by atoms with Crippen molar-refractivity contribution in [3.05, 3.63) is 35.9 Å². The molecule has 0 bridgehead atoms. The predicted octanol–water partition coefficient (Wildman–Crippen LogP) is 2.98. The lowest BCUT2D eigenvalue weighted by Gasteiger charge is -2.34. The molecule has 0 aliphatic rings. The quantitative estimate of drug-likeness (QED) is 0.851. The van der Waals surface area contributed by atoms with Crippen molar-refractivity contribution < 1.29 is 13.7 Å². The predicted molar refractivity (Wildman–Crippen MR) is 86.0 cm³/mol. The van der Waals surface area contributed by atoms with Crippen LogP contribution in [0.4, 0.5) is 0 Å². The van der Waals surface area contributed by atoms with Crippen LogP contribution < -0.4 is 4.72 Å². The number of nitrogens with one attached hydrogen (secondary N) is 1. The lowest BCUT2D eigenvalue weighted by molar-refractivity contribution is -0.152. The van der Waals surface area contributed by atoms with Crippen molar-refractivity contribution in [3.63, 3.8) is 0 Å². The third-order valence-electron chi connectivity index (χ3n) is 3.35. The van der Waals surface area contributed by atoms with Gasteiger partial charge in [0.05, 0.1) is 34.3 Å². The Kier molecular flexibility index (Phi) is 5.70. The molecule has 5 heteroatoms. The molecule has 1 rings (SSSR count). The summed E-state index contributed by atoms with van der Waals surface area (Å²) in [6.45, 7) is 9.27. The SMILES string of the molecule is COC(=O)C(C)(C)[C@H](NS(=O)C(C)(C)C)c1ccccc1. The van der Waals surface area contributed by atoms with E-state index in [1.54, 1.807) is 13.8 Å². The Morgan fingerprint density at radius 2 is 1.67 bits per heavy atom. The Morgan fingerprint density at radius 3 is 2.10 bits per heavy atom. The molecule has 1 N–H and O–H groups in total. The van der Waals surface area contributed by atoms with Gasteiger partial charge < -0.3 is 4.74 Å². The standard InChI is InChI=1S/C16H25NO3S/c1-15(2,3)21(19)17-13(12-10-8-7-9-11-12)16(4,5)14(18)20-6/h7-11,13,17H,1-6H3/t13-,21?/m1/s1. The molecule has 118 valence electrons. The second-order valence-electron chi connectivity index (χ2n) is 6.56. The average molecular weight is 311 g/mol. The number of ether oxygens (including phenoxy) is 1. The maximum absolute atomic E-state index is 12.5. The van der Waals surface area contributed by atoms with Crippen LogP contribution in [0.1, 0.15) is 46.2 Å². The Labute approximate surface area is 129 Å². The molecule has 1 aromatic rings. The molecule has 1 aromatic carbocycles. The first-order chi connectivity index (χ1) is 9.60. The molecule has 0 radical (unpaired) electrons. The van der Waals surface area contributed by atoms with Crippen LogP contribution in [0, 0.1) is 5.41 Å². The maximum Gasteiger partial charge on any atom is 0.313 e. The van der Waals surface area contributed by atoms with Crippen LogP contribution in [-0.2, 0) is 20.5 Å². The van der Waals surface area contributed by atoms with E-state index in [1.807, 2.05) is 51.1 Å². The summed E-state index contributed by atoms with van der Waals surface area (Å²) in [5, 5.41) is 0. The minimum absolute atomic E-state index is 0.338. The second kappa shape index (κ2) is 6.71. The molecule has 1 unspecified atom stereocenters. The number of esters is 1. The number of benzene rings is 1. The van der Waals surface area contributed by atoms with Crippen molar-refractivity contribution in [1.29, 1.82) is 0 Å². The van der Waals surface area contributed by atoms with Gasteiger partial charge in [-0.3, -0.25) is 4.79 Å². The largest absolute Gasteiger partial charge is 0.469 e. The Morgan fingerprint density at radius 1 is 1.14 bits per heavy atom. The molecule has 0 aliphatic heterocycles. The van der Waals surface area contributed by atoms with E-state index in [2.05, 4.69) is 4.72 Å². The highest BCUT2D eigenvalue weighted by Crippen LogP contribution is 2.35. The molecule has 2 atom stereocenters. The Hall–Kier alpha value is -1.20. The maximum atomic E-state index is 12.5. The third-order valence-corrected chi connectivity index (χ3v) is 4.91. The number of carbonyl (C=O) groups excluding carboxylic acids is 1. The first kappa shape index (κ1) is 17.9. The second-order valence-corrected chi connectivity index (χ2v) is 8.55. The highest BCUT2D eigenvalue weighted by molar-refractivity contribution is 7.84. The molecule has 4 nitrogen and oxygen atoms in total. The van der Waals surface area contributed by atoms with Crippen LogP contribution in [-0.4, -0.2) is 22.0 Å². The molecule has 0 aromatic heterocycles. The van der Waals surface area contributed by atoms with Gasteiger partial charge in [0.1, 0.15) is 0 Å². The van der Waals surface area contributed by atoms with Gasteiger partial charge in [0.15, 0.2) is 0 Å². The topological polar surface area (TPSA) is 55.4 Å². The van der Waals surface area contributed by atoms with Gasteiger partial charge in [0.25, 0.3) is 0 Å². The van der Waals surface area contributed by atoms with E-state index in [0.29, 0.717) is 0 Å². The van der Waals surface area contributed by atoms with Crippen LogP contribution in [0.3, 0.4) is 0 Å². The molecule has 0 saturated heterocycles. The van der Waals surface area contributed by atoms with Crippen LogP contribution in [0.5, 0.6) is 0 Å².